The number of hydrogen-bond acceptors (Lipinski definition) is 4. The molecule has 0 aliphatic carbocycles. The first-order valence-corrected chi connectivity index (χ1v) is 6.93. The van der Waals surface area contributed by atoms with Gasteiger partial charge in [-0.05, 0) is 13.0 Å². The third-order valence-electron chi connectivity index (χ3n) is 2.53. The summed E-state index contributed by atoms with van der Waals surface area (Å²) in [5.74, 6) is 0.780. The number of rotatable bonds is 5. The first-order valence-electron chi connectivity index (χ1n) is 6.12. The molecule has 0 aromatic carbocycles. The molecule has 0 spiro atoms. The topological polar surface area (TPSA) is 78.0 Å². The number of halogens is 1. The number of H-pyrrole nitrogens is 1. The fourth-order valence-corrected chi connectivity index (χ4v) is 2.37. The molecule has 0 saturated carbocycles. The van der Waals surface area contributed by atoms with Crippen LogP contribution in [-0.2, 0) is 13.0 Å². The Kier molecular flexibility index (Phi) is 7.52. The van der Waals surface area contributed by atoms with Crippen molar-refractivity contribution in [2.45, 2.75) is 19.9 Å². The lowest BCUT2D eigenvalue weighted by Gasteiger charge is -2.10. The van der Waals surface area contributed by atoms with E-state index in [1.807, 2.05) is 12.3 Å². The third kappa shape index (κ3) is 5.45. The van der Waals surface area contributed by atoms with Crippen LogP contribution in [0.1, 0.15) is 15.6 Å². The molecule has 8 heteroatoms. The normalized spacial score (nSPS) is 11.0. The van der Waals surface area contributed by atoms with E-state index >= 15 is 0 Å². The molecule has 0 fully saturated rings. The van der Waals surface area contributed by atoms with Crippen LogP contribution in [0.3, 0.4) is 0 Å². The molecule has 6 nitrogen and oxygen atoms in total. The molecule has 0 saturated heterocycles. The molecular weight excluding hydrogens is 387 g/mol. The number of aromatic amines is 1. The summed E-state index contributed by atoms with van der Waals surface area (Å²) in [6.45, 7) is 3.56. The van der Waals surface area contributed by atoms with Crippen LogP contribution < -0.4 is 10.6 Å². The fourth-order valence-electron chi connectivity index (χ4n) is 1.59. The smallest absolute Gasteiger partial charge is 0.191 e. The lowest BCUT2D eigenvalue weighted by atomic mass is 10.4. The number of aliphatic imine (C=N–C) groups is 1. The molecule has 2 rings (SSSR count). The zero-order valence-corrected chi connectivity index (χ0v) is 14.7. The zero-order valence-electron chi connectivity index (χ0n) is 11.5. The highest BCUT2D eigenvalue weighted by Crippen LogP contribution is 2.10. The van der Waals surface area contributed by atoms with Crippen LogP contribution in [0.5, 0.6) is 0 Å². The van der Waals surface area contributed by atoms with Crippen LogP contribution >= 0.6 is 35.3 Å². The summed E-state index contributed by atoms with van der Waals surface area (Å²) in [5.41, 5.74) is 1.03. The molecular formula is C12H19IN6S. The summed E-state index contributed by atoms with van der Waals surface area (Å²) in [5, 5.41) is 14.4. The molecule has 0 unspecified atom stereocenters. The van der Waals surface area contributed by atoms with E-state index in [0.717, 1.165) is 29.6 Å². The Balaban J connectivity index is 0.00000200. The lowest BCUT2D eigenvalue weighted by Crippen LogP contribution is -2.37. The predicted octanol–water partition coefficient (Wildman–Crippen LogP) is 1.70. The standard InChI is InChI=1S/C12H18N6S.HI/c1-9-7-15-11(19-9)4-5-14-12(13-2)16-8-10-3-6-17-18-10;/h3,6-7H,4-5,8H2,1-2H3,(H,17,18)(H2,13,14,16);1H. The van der Waals surface area contributed by atoms with Crippen molar-refractivity contribution in [1.29, 1.82) is 0 Å². The van der Waals surface area contributed by atoms with E-state index in [2.05, 4.69) is 37.7 Å². The van der Waals surface area contributed by atoms with Crippen LogP contribution in [-0.4, -0.2) is 34.7 Å². The number of thiazole rings is 1. The number of nitrogens with one attached hydrogen (secondary N) is 3. The Morgan fingerprint density at radius 2 is 2.30 bits per heavy atom. The van der Waals surface area contributed by atoms with Gasteiger partial charge in [0.25, 0.3) is 0 Å². The Bertz CT molecular complexity index is 522. The van der Waals surface area contributed by atoms with Crippen LogP contribution in [0.4, 0.5) is 0 Å². The molecule has 0 aliphatic rings. The van der Waals surface area contributed by atoms with E-state index in [1.165, 1.54) is 4.88 Å². The van der Waals surface area contributed by atoms with Crippen molar-refractivity contribution in [3.05, 3.63) is 34.0 Å². The second-order valence-electron chi connectivity index (χ2n) is 4.05. The van der Waals surface area contributed by atoms with Crippen molar-refractivity contribution in [3.8, 4) is 0 Å². The molecule has 0 amide bonds. The zero-order chi connectivity index (χ0) is 13.5. The van der Waals surface area contributed by atoms with E-state index in [9.17, 15) is 0 Å². The molecule has 0 bridgehead atoms. The first kappa shape index (κ1) is 16.9. The maximum atomic E-state index is 4.33. The lowest BCUT2D eigenvalue weighted by molar-refractivity contribution is 0.778. The maximum absolute atomic E-state index is 4.33. The van der Waals surface area contributed by atoms with Crippen LogP contribution in [0.25, 0.3) is 0 Å². The van der Waals surface area contributed by atoms with E-state index < -0.39 is 0 Å². The van der Waals surface area contributed by atoms with Gasteiger partial charge in [-0.25, -0.2) is 4.98 Å². The molecule has 0 atom stereocenters. The van der Waals surface area contributed by atoms with E-state index in [4.69, 9.17) is 0 Å². The van der Waals surface area contributed by atoms with Crippen molar-refractivity contribution < 1.29 is 0 Å². The number of hydrogen-bond donors (Lipinski definition) is 3. The SMILES string of the molecule is CN=C(NCCc1ncc(C)s1)NCc1ccn[nH]1.I. The Labute approximate surface area is 139 Å². The Morgan fingerprint density at radius 1 is 1.45 bits per heavy atom. The van der Waals surface area contributed by atoms with E-state index in [0.29, 0.717) is 6.54 Å². The third-order valence-corrected chi connectivity index (χ3v) is 3.50. The Hall–Kier alpha value is -1.16. The number of aryl methyl sites for hydroxylation is 1. The summed E-state index contributed by atoms with van der Waals surface area (Å²) < 4.78 is 0. The highest BCUT2D eigenvalue weighted by molar-refractivity contribution is 14.0. The van der Waals surface area contributed by atoms with Crippen LogP contribution in [0.15, 0.2) is 23.5 Å². The van der Waals surface area contributed by atoms with Gasteiger partial charge in [0.2, 0.25) is 0 Å². The van der Waals surface area contributed by atoms with Gasteiger partial charge < -0.3 is 10.6 Å². The minimum absolute atomic E-state index is 0. The van der Waals surface area contributed by atoms with Gasteiger partial charge in [-0.2, -0.15) is 5.10 Å². The van der Waals surface area contributed by atoms with Gasteiger partial charge in [0.05, 0.1) is 17.2 Å². The van der Waals surface area contributed by atoms with Crippen LogP contribution in [0.2, 0.25) is 0 Å². The summed E-state index contributed by atoms with van der Waals surface area (Å²) in [4.78, 5) is 9.74. The van der Waals surface area contributed by atoms with E-state index in [1.54, 1.807) is 24.6 Å². The number of guanidine groups is 1. The van der Waals surface area contributed by atoms with Gasteiger partial charge in [0.1, 0.15) is 0 Å². The minimum Gasteiger partial charge on any atom is -0.356 e. The molecule has 2 aromatic heterocycles. The maximum Gasteiger partial charge on any atom is 0.191 e. The fraction of sp³-hybridized carbons (Fsp3) is 0.417. The second kappa shape index (κ2) is 8.90. The average molecular weight is 406 g/mol. The predicted molar refractivity (Wildman–Crippen MR) is 92.8 cm³/mol. The molecule has 2 aromatic rings. The largest absolute Gasteiger partial charge is 0.356 e. The van der Waals surface area contributed by atoms with Crippen LogP contribution in [0, 0.1) is 6.92 Å². The molecule has 0 aliphatic heterocycles. The highest BCUT2D eigenvalue weighted by atomic mass is 127. The van der Waals surface area contributed by atoms with Crippen molar-refractivity contribution in [2.24, 2.45) is 4.99 Å². The van der Waals surface area contributed by atoms with Gasteiger partial charge in [-0.3, -0.25) is 10.1 Å². The molecule has 3 N–H and O–H groups in total. The summed E-state index contributed by atoms with van der Waals surface area (Å²) in [6, 6.07) is 1.93. The summed E-state index contributed by atoms with van der Waals surface area (Å²) in [7, 11) is 1.76. The highest BCUT2D eigenvalue weighted by Gasteiger charge is 2.01. The number of nitrogens with zero attached hydrogens (tertiary/aromatic N) is 3. The monoisotopic (exact) mass is 406 g/mol. The molecule has 20 heavy (non-hydrogen) atoms. The van der Waals surface area contributed by atoms with Gasteiger partial charge in [0.15, 0.2) is 5.96 Å². The Morgan fingerprint density at radius 3 is 2.90 bits per heavy atom. The van der Waals surface area contributed by atoms with Crippen molar-refractivity contribution in [2.75, 3.05) is 13.6 Å². The number of aromatic nitrogens is 3. The first-order chi connectivity index (χ1) is 9.28. The van der Waals surface area contributed by atoms with Crippen molar-refractivity contribution in [3.63, 3.8) is 0 Å². The van der Waals surface area contributed by atoms with Crippen molar-refractivity contribution >= 4 is 41.3 Å². The van der Waals surface area contributed by atoms with Gasteiger partial charge >= 0.3 is 0 Å². The van der Waals surface area contributed by atoms with Gasteiger partial charge in [-0.15, -0.1) is 35.3 Å². The van der Waals surface area contributed by atoms with Gasteiger partial charge in [-0.1, -0.05) is 0 Å². The second-order valence-corrected chi connectivity index (χ2v) is 5.37. The molecule has 0 radical (unpaired) electrons. The van der Waals surface area contributed by atoms with Gasteiger partial charge in [0, 0.05) is 37.3 Å². The minimum atomic E-state index is 0. The van der Waals surface area contributed by atoms with Crippen molar-refractivity contribution in [1.82, 2.24) is 25.8 Å². The van der Waals surface area contributed by atoms with E-state index in [-0.39, 0.29) is 24.0 Å². The molecule has 110 valence electrons. The molecule has 2 heterocycles. The quantitative estimate of drug-likeness (QED) is 0.401. The average Bonchev–Trinajstić information content (AvgIpc) is 3.05. The summed E-state index contributed by atoms with van der Waals surface area (Å²) >= 11 is 1.73. The summed E-state index contributed by atoms with van der Waals surface area (Å²) in [6.07, 6.45) is 4.55.